The van der Waals surface area contributed by atoms with Gasteiger partial charge in [0.15, 0.2) is 5.17 Å². The molecule has 2 aromatic rings. The molecule has 0 unspecified atom stereocenters. The van der Waals surface area contributed by atoms with E-state index in [1.54, 1.807) is 4.90 Å². The van der Waals surface area contributed by atoms with Gasteiger partial charge in [-0.25, -0.2) is 26.7 Å². The van der Waals surface area contributed by atoms with Crippen LogP contribution in [0.2, 0.25) is 0 Å². The number of urea groups is 1. The van der Waals surface area contributed by atoms with Crippen LogP contribution in [0.5, 0.6) is 0 Å². The summed E-state index contributed by atoms with van der Waals surface area (Å²) >= 11 is 0.221. The Morgan fingerprint density at radius 2 is 1.74 bits per heavy atom. The Hall–Kier alpha value is -3.29. The van der Waals surface area contributed by atoms with Gasteiger partial charge in [0.05, 0.1) is 22.7 Å². The number of aromatic nitrogens is 2. The summed E-state index contributed by atoms with van der Waals surface area (Å²) in [6.45, 7) is 3.16. The minimum atomic E-state index is -4.16. The summed E-state index contributed by atoms with van der Waals surface area (Å²) < 4.78 is 56.0. The number of anilines is 1. The first-order valence-corrected chi connectivity index (χ1v) is 14.7. The number of carbonyl (C=O) groups excluding carboxylic acids is 1. The van der Waals surface area contributed by atoms with Crippen molar-refractivity contribution in [2.24, 2.45) is 0 Å². The van der Waals surface area contributed by atoms with Gasteiger partial charge in [0.2, 0.25) is 10.0 Å². The second-order valence-electron chi connectivity index (χ2n) is 9.75. The third kappa shape index (κ3) is 5.43. The zero-order valence-electron chi connectivity index (χ0n) is 20.9. The molecular formula is C23H27F2N9O3S2. The average molecular weight is 580 g/mol. The van der Waals surface area contributed by atoms with Crippen molar-refractivity contribution in [1.82, 2.24) is 24.3 Å². The quantitative estimate of drug-likeness (QED) is 0.362. The van der Waals surface area contributed by atoms with Gasteiger partial charge in [-0.15, -0.1) is 0 Å². The number of thioether (sulfide) groups is 1. The van der Waals surface area contributed by atoms with Gasteiger partial charge in [0.1, 0.15) is 10.6 Å². The number of hydrogen-bond acceptors (Lipinski definition) is 9. The van der Waals surface area contributed by atoms with Gasteiger partial charge in [-0.2, -0.15) is 15.1 Å². The second kappa shape index (κ2) is 10.4. The molecule has 39 heavy (non-hydrogen) atoms. The molecule has 1 aromatic carbocycles. The van der Waals surface area contributed by atoms with E-state index in [-0.39, 0.29) is 28.2 Å². The van der Waals surface area contributed by atoms with Gasteiger partial charge in [-0.1, -0.05) is 0 Å². The topological polar surface area (TPSA) is 162 Å². The van der Waals surface area contributed by atoms with E-state index < -0.39 is 32.2 Å². The lowest BCUT2D eigenvalue weighted by atomic mass is 10.1. The number of nitrogens with one attached hydrogen (secondary N) is 3. The molecule has 0 spiro atoms. The molecule has 0 bridgehead atoms. The molecule has 1 saturated carbocycles. The minimum Gasteiger partial charge on any atom is -0.367 e. The molecule has 2 saturated heterocycles. The molecule has 1 aromatic heterocycles. The summed E-state index contributed by atoms with van der Waals surface area (Å²) in [4.78, 5) is 18.2. The maximum Gasteiger partial charge on any atom is 0.320 e. The van der Waals surface area contributed by atoms with Crippen LogP contribution in [0.25, 0.3) is 10.9 Å². The highest BCUT2D eigenvalue weighted by atomic mass is 32.2. The van der Waals surface area contributed by atoms with E-state index in [1.165, 1.54) is 18.3 Å². The van der Waals surface area contributed by atoms with E-state index in [4.69, 9.17) is 10.8 Å². The predicted molar refractivity (Wildman–Crippen MR) is 142 cm³/mol. The van der Waals surface area contributed by atoms with Crippen LogP contribution in [-0.2, 0) is 10.0 Å². The molecule has 3 aliphatic rings. The standard InChI is InChI=1S/C23H27F2N9O3S2/c24-19(25)20(27)38-21(28)34-18-12-15(39(36,37)30-23(14-26)3-4-23)11-17(16(18)13-29-34)31-7-9-33(10-8-31)22(35)32-5-1-2-6-32/h11-13,19,27-28,30H,1-10H2. The van der Waals surface area contributed by atoms with Crippen molar-refractivity contribution in [3.8, 4) is 6.07 Å². The zero-order chi connectivity index (χ0) is 27.9. The highest BCUT2D eigenvalue weighted by Crippen LogP contribution is 2.38. The van der Waals surface area contributed by atoms with Crippen molar-refractivity contribution in [2.75, 3.05) is 44.2 Å². The highest BCUT2D eigenvalue weighted by molar-refractivity contribution is 8.26. The first kappa shape index (κ1) is 27.3. The predicted octanol–water partition coefficient (Wildman–Crippen LogP) is 2.47. The Morgan fingerprint density at radius 1 is 1.10 bits per heavy atom. The Balaban J connectivity index is 1.48. The van der Waals surface area contributed by atoms with E-state index in [2.05, 4.69) is 9.82 Å². The molecule has 2 amide bonds. The number of likely N-dealkylation sites (tertiary alicyclic amines) is 1. The number of nitrogens with zero attached hydrogens (tertiary/aromatic N) is 6. The lowest BCUT2D eigenvalue weighted by Gasteiger charge is -2.38. The van der Waals surface area contributed by atoms with Gasteiger partial charge in [0, 0.05) is 50.3 Å². The molecule has 208 valence electrons. The summed E-state index contributed by atoms with van der Waals surface area (Å²) in [5.41, 5.74) is -0.481. The fourth-order valence-electron chi connectivity index (χ4n) is 4.78. The smallest absolute Gasteiger partial charge is 0.320 e. The van der Waals surface area contributed by atoms with Crippen molar-refractivity contribution in [2.45, 2.75) is 42.5 Å². The molecule has 3 fully saturated rings. The third-order valence-electron chi connectivity index (χ3n) is 7.11. The summed E-state index contributed by atoms with van der Waals surface area (Å²) in [7, 11) is -4.16. The first-order chi connectivity index (χ1) is 18.5. The second-order valence-corrected chi connectivity index (χ2v) is 12.5. The number of fused-ring (bicyclic) bond motifs is 1. The van der Waals surface area contributed by atoms with Crippen LogP contribution >= 0.6 is 11.8 Å². The zero-order valence-corrected chi connectivity index (χ0v) is 22.5. The van der Waals surface area contributed by atoms with Crippen LogP contribution in [-0.4, -0.2) is 95.5 Å². The SMILES string of the molecule is N#CC1(NS(=O)(=O)c2cc(N3CCN(C(=O)N4CCCC4)CC3)c3cnn(C(=N)SC(=N)C(F)F)c3c2)CC1. The Labute approximate surface area is 228 Å². The van der Waals surface area contributed by atoms with Gasteiger partial charge >= 0.3 is 6.03 Å². The van der Waals surface area contributed by atoms with Gasteiger partial charge < -0.3 is 14.7 Å². The van der Waals surface area contributed by atoms with Crippen LogP contribution in [0.15, 0.2) is 23.2 Å². The number of hydrogen-bond donors (Lipinski definition) is 3. The van der Waals surface area contributed by atoms with E-state index in [9.17, 15) is 27.3 Å². The van der Waals surface area contributed by atoms with Crippen molar-refractivity contribution >= 4 is 54.6 Å². The van der Waals surface area contributed by atoms with Crippen molar-refractivity contribution in [1.29, 1.82) is 16.1 Å². The normalized spacial score (nSPS) is 19.0. The van der Waals surface area contributed by atoms with E-state index >= 15 is 0 Å². The van der Waals surface area contributed by atoms with E-state index in [1.807, 2.05) is 15.9 Å². The lowest BCUT2D eigenvalue weighted by Crippen LogP contribution is -2.52. The van der Waals surface area contributed by atoms with E-state index in [0.29, 0.717) is 50.1 Å². The fourth-order valence-corrected chi connectivity index (χ4v) is 6.72. The highest BCUT2D eigenvalue weighted by Gasteiger charge is 2.47. The monoisotopic (exact) mass is 579 g/mol. The maximum absolute atomic E-state index is 13.3. The van der Waals surface area contributed by atoms with Crippen molar-refractivity contribution in [3.63, 3.8) is 0 Å². The molecule has 2 aliphatic heterocycles. The number of rotatable bonds is 5. The Morgan fingerprint density at radius 3 is 2.33 bits per heavy atom. The molecule has 5 rings (SSSR count). The number of alkyl halides is 2. The van der Waals surface area contributed by atoms with Crippen LogP contribution in [0, 0.1) is 22.1 Å². The Bertz CT molecular complexity index is 1470. The van der Waals surface area contributed by atoms with Crippen molar-refractivity contribution in [3.05, 3.63) is 18.3 Å². The maximum atomic E-state index is 13.3. The fraction of sp³-hybridized carbons (Fsp3) is 0.522. The molecule has 0 atom stereocenters. The number of carbonyl (C=O) groups is 1. The molecule has 12 nitrogen and oxygen atoms in total. The van der Waals surface area contributed by atoms with Crippen LogP contribution in [0.4, 0.5) is 19.3 Å². The lowest BCUT2D eigenvalue weighted by molar-refractivity contribution is 0.159. The largest absolute Gasteiger partial charge is 0.367 e. The Kier molecular flexibility index (Phi) is 7.25. The first-order valence-electron chi connectivity index (χ1n) is 12.4. The molecule has 0 radical (unpaired) electrons. The molecule has 16 heteroatoms. The summed E-state index contributed by atoms with van der Waals surface area (Å²) in [5, 5.41) is 28.2. The molecule has 3 N–H and O–H groups in total. The number of benzene rings is 1. The van der Waals surface area contributed by atoms with Gasteiger partial charge in [-0.05, 0) is 49.6 Å². The third-order valence-corrected chi connectivity index (χ3v) is 9.39. The number of amides is 2. The average Bonchev–Trinajstić information content (AvgIpc) is 3.29. The summed E-state index contributed by atoms with van der Waals surface area (Å²) in [5.74, 6) is 0. The van der Waals surface area contributed by atoms with Gasteiger partial charge in [-0.3, -0.25) is 10.8 Å². The number of sulfonamides is 1. The van der Waals surface area contributed by atoms with Crippen molar-refractivity contribution < 1.29 is 22.0 Å². The van der Waals surface area contributed by atoms with Crippen LogP contribution in [0.3, 0.4) is 0 Å². The summed E-state index contributed by atoms with van der Waals surface area (Å²) in [6.07, 6.45) is 1.11. The summed E-state index contributed by atoms with van der Waals surface area (Å²) in [6, 6.07) is 4.75. The molecule has 3 heterocycles. The number of halogens is 2. The molecule has 1 aliphatic carbocycles. The van der Waals surface area contributed by atoms with Crippen LogP contribution < -0.4 is 9.62 Å². The number of nitriles is 1. The number of piperazine rings is 1. The van der Waals surface area contributed by atoms with Crippen LogP contribution in [0.1, 0.15) is 25.7 Å². The minimum absolute atomic E-state index is 0.0103. The molecular weight excluding hydrogens is 552 g/mol. The van der Waals surface area contributed by atoms with E-state index in [0.717, 1.165) is 30.6 Å². The van der Waals surface area contributed by atoms with Gasteiger partial charge in [0.25, 0.3) is 6.43 Å².